The summed E-state index contributed by atoms with van der Waals surface area (Å²) in [7, 11) is 0. The van der Waals surface area contributed by atoms with E-state index in [9.17, 15) is 0 Å². The molecule has 9 atom stereocenters. The van der Waals surface area contributed by atoms with Gasteiger partial charge in [-0.15, -0.1) is 0 Å². The summed E-state index contributed by atoms with van der Waals surface area (Å²) in [6.45, 7) is 5.45. The topological polar surface area (TPSA) is 0 Å². The van der Waals surface area contributed by atoms with Crippen molar-refractivity contribution in [2.45, 2.75) is 73.8 Å². The zero-order valence-electron chi connectivity index (χ0n) is 9.60. The molecule has 1 spiro atoms. The van der Waals surface area contributed by atoms with E-state index in [1.165, 1.54) is 33.7 Å². The van der Waals surface area contributed by atoms with Crippen LogP contribution in [0.3, 0.4) is 0 Å². The van der Waals surface area contributed by atoms with Gasteiger partial charge in [-0.05, 0) is 0 Å². The molecule has 0 saturated carbocycles. The van der Waals surface area contributed by atoms with E-state index in [-0.39, 0.29) is 0 Å². The van der Waals surface area contributed by atoms with Crippen molar-refractivity contribution in [2.24, 2.45) is 0 Å². The van der Waals surface area contributed by atoms with Crippen LogP contribution in [0.5, 0.6) is 0 Å². The summed E-state index contributed by atoms with van der Waals surface area (Å²) in [5.74, 6) is 0. The average molecular weight is 242 g/mol. The normalized spacial score (nSPS) is 144. The standard InChI is InChI=1S/C8H11.C6H7.Fe/c1-3-8-5-4-7(2)6-8;1-6-4-2-3-5-6;/h4-6H,3H2,1-2H3;2-5H,1H3;. The van der Waals surface area contributed by atoms with E-state index in [1.54, 1.807) is 6.42 Å². The van der Waals surface area contributed by atoms with Crippen LogP contribution in [0.2, 0.25) is 46.7 Å². The summed E-state index contributed by atoms with van der Waals surface area (Å²) in [4.78, 5) is 10.4. The predicted molar refractivity (Wildman–Crippen MR) is 56.0 cm³/mol. The third-order valence-electron chi connectivity index (χ3n) is 17.2. The number of hydrogen-bond donors (Lipinski definition) is 0. The van der Waals surface area contributed by atoms with Crippen molar-refractivity contribution in [3.63, 3.8) is 0 Å². The molecular weight excluding hydrogens is 224 g/mol. The zero-order valence-corrected chi connectivity index (χ0v) is 10.7. The molecule has 10 aliphatic rings. The number of rotatable bonds is 1. The van der Waals surface area contributed by atoms with Gasteiger partial charge in [-0.25, -0.2) is 0 Å². The van der Waals surface area contributed by atoms with E-state index in [1.807, 2.05) is 0 Å². The molecule has 0 N–H and O–H groups in total. The minimum atomic E-state index is -2.84. The van der Waals surface area contributed by atoms with Crippen LogP contribution < -0.4 is 0 Å². The molecule has 0 aromatic heterocycles. The van der Waals surface area contributed by atoms with Crippen molar-refractivity contribution in [1.29, 1.82) is 0 Å². The van der Waals surface area contributed by atoms with Gasteiger partial charge >= 0.3 is 80.4 Å². The van der Waals surface area contributed by atoms with Crippen LogP contribution in [0.4, 0.5) is 0 Å². The molecule has 10 aliphatic heterocycles. The molecule has 15 heavy (non-hydrogen) atoms. The third-order valence-corrected chi connectivity index (χ3v) is 64.0. The van der Waals surface area contributed by atoms with Gasteiger partial charge in [0, 0.05) is 0 Å². The van der Waals surface area contributed by atoms with E-state index >= 15 is 0 Å². The molecule has 0 bridgehead atoms. The molecule has 1 heteroatoms. The second-order valence-corrected chi connectivity index (χ2v) is 34.7. The molecule has 0 radical (unpaired) electrons. The van der Waals surface area contributed by atoms with Crippen molar-refractivity contribution >= 4 is 0 Å². The molecule has 10 heterocycles. The van der Waals surface area contributed by atoms with Crippen molar-refractivity contribution in [3.8, 4) is 0 Å². The van der Waals surface area contributed by atoms with Gasteiger partial charge in [0.25, 0.3) is 0 Å². The van der Waals surface area contributed by atoms with Gasteiger partial charge < -0.3 is 0 Å². The van der Waals surface area contributed by atoms with Gasteiger partial charge in [-0.1, -0.05) is 0 Å². The fraction of sp³-hybridized carbons (Fsp3) is 1.00. The maximum atomic E-state index is 2.85. The molecule has 0 amide bonds. The van der Waals surface area contributed by atoms with Gasteiger partial charge in [0.05, 0.1) is 0 Å². The Bertz CT molecular complexity index is 999. The first-order chi connectivity index (χ1) is 6.88. The first kappa shape index (κ1) is 5.44. The molecule has 0 nitrogen and oxygen atoms in total. The van der Waals surface area contributed by atoms with Crippen LogP contribution in [0.25, 0.3) is 0 Å². The molecule has 82 valence electrons. The fourth-order valence-corrected chi connectivity index (χ4v) is 103. The van der Waals surface area contributed by atoms with Gasteiger partial charge in [0.15, 0.2) is 0 Å². The van der Waals surface area contributed by atoms with Crippen molar-refractivity contribution in [2.75, 3.05) is 0 Å². The Morgan fingerprint density at radius 2 is 1.60 bits per heavy atom. The quantitative estimate of drug-likeness (QED) is 0.571. The first-order valence-corrected chi connectivity index (χ1v) is 13.2. The van der Waals surface area contributed by atoms with Crippen molar-refractivity contribution < 1.29 is 6.51 Å². The predicted octanol–water partition coefficient (Wildman–Crippen LogP) is 4.94. The number of fused-ring (bicyclic) bond motifs is 10. The molecule has 0 aromatic rings. The summed E-state index contributed by atoms with van der Waals surface area (Å²) in [6.07, 6.45) is 1.65. The van der Waals surface area contributed by atoms with Crippen LogP contribution in [-0.4, -0.2) is 0 Å². The fourth-order valence-electron chi connectivity index (χ4n) is 20.7. The van der Waals surface area contributed by atoms with Crippen molar-refractivity contribution in [1.82, 2.24) is 0 Å². The van der Waals surface area contributed by atoms with Crippen LogP contribution >= 0.6 is 0 Å². The van der Waals surface area contributed by atoms with Crippen LogP contribution in [0.15, 0.2) is 0 Å². The van der Waals surface area contributed by atoms with E-state index in [0.29, 0.717) is 0 Å². The monoisotopic (exact) mass is 242 g/mol. The molecule has 10 rings (SSSR count). The Labute approximate surface area is 80.5 Å². The summed E-state index contributed by atoms with van der Waals surface area (Å²) >= 11 is 0. The summed E-state index contributed by atoms with van der Waals surface area (Å²) in [6, 6.07) is 0. The minimum absolute atomic E-state index is 1.12. The second-order valence-electron chi connectivity index (χ2n) is 11.1. The van der Waals surface area contributed by atoms with Crippen LogP contribution in [0.1, 0.15) is 27.2 Å². The molecular formula is C14H18Fe. The van der Waals surface area contributed by atoms with E-state index in [0.717, 1.165) is 12.9 Å². The van der Waals surface area contributed by atoms with Gasteiger partial charge in [-0.3, -0.25) is 0 Å². The molecule has 9 unspecified atom stereocenters. The van der Waals surface area contributed by atoms with E-state index in [2.05, 4.69) is 20.8 Å². The zero-order chi connectivity index (χ0) is 9.56. The van der Waals surface area contributed by atoms with Gasteiger partial charge in [-0.2, -0.15) is 0 Å². The third kappa shape index (κ3) is 0.0387. The van der Waals surface area contributed by atoms with Crippen LogP contribution in [0, 0.1) is 0 Å². The Hall–Kier alpha value is 0.519. The van der Waals surface area contributed by atoms with Crippen LogP contribution in [-0.2, 0) is 6.51 Å². The summed E-state index contributed by atoms with van der Waals surface area (Å²) < 4.78 is 3.40. The first-order valence-electron chi connectivity index (χ1n) is 7.09. The summed E-state index contributed by atoms with van der Waals surface area (Å²) in [5, 5.41) is 0. The summed E-state index contributed by atoms with van der Waals surface area (Å²) in [5.41, 5.74) is 0. The van der Waals surface area contributed by atoms with E-state index in [4.69, 9.17) is 0 Å². The SMILES string of the molecule is CC[C]12[CH]3[CH]4[C]5(C)[CH]1[Fe]43521678[CH]2[CH]1[CH]6[C]7(C)[CH]28. The second kappa shape index (κ2) is 0.363. The Morgan fingerprint density at radius 1 is 0.933 bits per heavy atom. The molecule has 10 saturated heterocycles. The number of hydrogen-bond acceptors (Lipinski definition) is 0. The molecule has 0 aromatic carbocycles. The van der Waals surface area contributed by atoms with E-state index < -0.39 is 6.51 Å². The van der Waals surface area contributed by atoms with Gasteiger partial charge in [0.2, 0.25) is 0 Å². The molecule has 10 fully saturated rings. The maximum absolute atomic E-state index is 2.85. The van der Waals surface area contributed by atoms with Gasteiger partial charge in [0.1, 0.15) is 0 Å². The Morgan fingerprint density at radius 3 is 1.67 bits per heavy atom. The molecule has 0 aliphatic carbocycles. The Balaban J connectivity index is 1.96. The average Bonchev–Trinajstić information content (AvgIpc) is 3.15. The van der Waals surface area contributed by atoms with Crippen molar-refractivity contribution in [3.05, 3.63) is 0 Å². The Kier molecular flexibility index (Phi) is 0.132.